The van der Waals surface area contributed by atoms with Crippen molar-refractivity contribution in [2.75, 3.05) is 38.2 Å². The summed E-state index contributed by atoms with van der Waals surface area (Å²) in [5.41, 5.74) is 4.46. The molecule has 2 aromatic carbocycles. The SMILES string of the molecule is COc1ccc(N2CCN(C(=O)c3cc(Cc4n[nH]c(=O)c5c4CCCC5)ccc3F)CC2)cc1. The number of hydrogen-bond donors (Lipinski definition) is 1. The van der Waals surface area contributed by atoms with E-state index in [9.17, 15) is 14.0 Å². The molecule has 1 aromatic heterocycles. The maximum atomic E-state index is 14.7. The number of halogens is 1. The molecule has 1 fully saturated rings. The van der Waals surface area contributed by atoms with Crippen LogP contribution in [0.1, 0.15) is 45.6 Å². The van der Waals surface area contributed by atoms with Gasteiger partial charge in [-0.3, -0.25) is 9.59 Å². The van der Waals surface area contributed by atoms with Gasteiger partial charge in [-0.15, -0.1) is 0 Å². The van der Waals surface area contributed by atoms with Crippen LogP contribution in [0.3, 0.4) is 0 Å². The molecule has 1 saturated heterocycles. The summed E-state index contributed by atoms with van der Waals surface area (Å²) in [6.07, 6.45) is 4.06. The van der Waals surface area contributed by atoms with Crippen molar-refractivity contribution in [1.82, 2.24) is 15.1 Å². The fourth-order valence-corrected chi connectivity index (χ4v) is 5.04. The lowest BCUT2D eigenvalue weighted by atomic mass is 9.90. The molecule has 1 N–H and O–H groups in total. The minimum Gasteiger partial charge on any atom is -0.497 e. The standard InChI is InChI=1S/C27H29FN4O3/c1-35-20-9-7-19(8-10-20)31-12-14-32(15-13-31)27(34)23-16-18(6-11-24(23)28)17-25-21-4-2-3-5-22(21)26(33)30-29-25/h6-11,16H,2-5,12-15,17H2,1H3,(H,30,33). The number of fused-ring (bicyclic) bond motifs is 1. The van der Waals surface area contributed by atoms with Crippen LogP contribution in [0.25, 0.3) is 0 Å². The minimum absolute atomic E-state index is 0.0821. The van der Waals surface area contributed by atoms with Crippen LogP contribution in [0.15, 0.2) is 47.3 Å². The van der Waals surface area contributed by atoms with Crippen LogP contribution in [-0.4, -0.2) is 54.3 Å². The molecule has 7 nitrogen and oxygen atoms in total. The number of anilines is 1. The highest BCUT2D eigenvalue weighted by Gasteiger charge is 2.25. The molecule has 2 aliphatic rings. The molecule has 0 atom stereocenters. The summed E-state index contributed by atoms with van der Waals surface area (Å²) < 4.78 is 19.9. The van der Waals surface area contributed by atoms with Gasteiger partial charge in [0.15, 0.2) is 0 Å². The maximum Gasteiger partial charge on any atom is 0.267 e. The van der Waals surface area contributed by atoms with Crippen molar-refractivity contribution in [2.45, 2.75) is 32.1 Å². The number of benzene rings is 2. The van der Waals surface area contributed by atoms with Crippen LogP contribution in [0.2, 0.25) is 0 Å². The van der Waals surface area contributed by atoms with Crippen LogP contribution in [-0.2, 0) is 19.3 Å². The van der Waals surface area contributed by atoms with Gasteiger partial charge in [-0.25, -0.2) is 9.49 Å². The van der Waals surface area contributed by atoms with Crippen LogP contribution in [0.5, 0.6) is 5.75 Å². The number of hydrogen-bond acceptors (Lipinski definition) is 5. The monoisotopic (exact) mass is 476 g/mol. The van der Waals surface area contributed by atoms with E-state index < -0.39 is 5.82 Å². The number of aromatic nitrogens is 2. The molecule has 0 unspecified atom stereocenters. The molecule has 1 amide bonds. The molecule has 3 aromatic rings. The van der Waals surface area contributed by atoms with Gasteiger partial charge in [0.05, 0.1) is 18.4 Å². The van der Waals surface area contributed by atoms with Gasteiger partial charge in [0.1, 0.15) is 11.6 Å². The Labute approximate surface area is 203 Å². The first-order valence-corrected chi connectivity index (χ1v) is 12.1. The Hall–Kier alpha value is -3.68. The Kier molecular flexibility index (Phi) is 6.53. The summed E-state index contributed by atoms with van der Waals surface area (Å²) in [6.45, 7) is 2.38. The molecule has 8 heteroatoms. The zero-order valence-electron chi connectivity index (χ0n) is 19.8. The van der Waals surface area contributed by atoms with E-state index in [0.29, 0.717) is 32.6 Å². The summed E-state index contributed by atoms with van der Waals surface area (Å²) in [4.78, 5) is 29.3. The first-order chi connectivity index (χ1) is 17.0. The van der Waals surface area contributed by atoms with E-state index in [1.165, 1.54) is 6.07 Å². The van der Waals surface area contributed by atoms with Gasteiger partial charge in [-0.2, -0.15) is 5.10 Å². The van der Waals surface area contributed by atoms with Crippen LogP contribution >= 0.6 is 0 Å². The number of ether oxygens (including phenoxy) is 1. The Bertz CT molecular complexity index is 1280. The molecular weight excluding hydrogens is 447 g/mol. The molecule has 5 rings (SSSR count). The van der Waals surface area contributed by atoms with E-state index >= 15 is 0 Å². The lowest BCUT2D eigenvalue weighted by Crippen LogP contribution is -2.49. The summed E-state index contributed by atoms with van der Waals surface area (Å²) in [6, 6.07) is 12.5. The predicted octanol–water partition coefficient (Wildman–Crippen LogP) is 3.35. The lowest BCUT2D eigenvalue weighted by Gasteiger charge is -2.36. The highest BCUT2D eigenvalue weighted by molar-refractivity contribution is 5.95. The van der Waals surface area contributed by atoms with Crippen LogP contribution in [0, 0.1) is 5.82 Å². The topological polar surface area (TPSA) is 78.5 Å². The lowest BCUT2D eigenvalue weighted by molar-refractivity contribution is 0.0742. The minimum atomic E-state index is -0.521. The van der Waals surface area contributed by atoms with E-state index in [-0.39, 0.29) is 17.0 Å². The molecule has 1 aliphatic heterocycles. The number of methoxy groups -OCH3 is 1. The molecule has 182 valence electrons. The number of carbonyl (C=O) groups excluding carboxylic acids is 1. The van der Waals surface area contributed by atoms with Gasteiger partial charge in [0.25, 0.3) is 11.5 Å². The van der Waals surface area contributed by atoms with E-state index in [0.717, 1.165) is 59.5 Å². The molecule has 1 aliphatic carbocycles. The van der Waals surface area contributed by atoms with E-state index in [1.54, 1.807) is 24.1 Å². The maximum absolute atomic E-state index is 14.7. The predicted molar refractivity (Wildman–Crippen MR) is 132 cm³/mol. The number of nitrogens with one attached hydrogen (secondary N) is 1. The number of aromatic amines is 1. The first-order valence-electron chi connectivity index (χ1n) is 12.1. The second kappa shape index (κ2) is 9.90. The highest BCUT2D eigenvalue weighted by Crippen LogP contribution is 2.24. The summed E-state index contributed by atoms with van der Waals surface area (Å²) >= 11 is 0. The van der Waals surface area contributed by atoms with Crippen LogP contribution in [0.4, 0.5) is 10.1 Å². The molecular formula is C27H29FN4O3. The number of nitrogens with zero attached hydrogens (tertiary/aromatic N) is 3. The van der Waals surface area contributed by atoms with Gasteiger partial charge in [-0.1, -0.05) is 6.07 Å². The number of H-pyrrole nitrogens is 1. The van der Waals surface area contributed by atoms with Crippen molar-refractivity contribution in [2.24, 2.45) is 0 Å². The number of piperazine rings is 1. The van der Waals surface area contributed by atoms with Gasteiger partial charge >= 0.3 is 0 Å². The quantitative estimate of drug-likeness (QED) is 0.611. The second-order valence-corrected chi connectivity index (χ2v) is 9.13. The van der Waals surface area contributed by atoms with Crippen molar-refractivity contribution in [3.8, 4) is 5.75 Å². The summed E-state index contributed by atoms with van der Waals surface area (Å²) in [5, 5.41) is 6.89. The van der Waals surface area contributed by atoms with Crippen molar-refractivity contribution in [1.29, 1.82) is 0 Å². The van der Waals surface area contributed by atoms with Crippen molar-refractivity contribution < 1.29 is 13.9 Å². The largest absolute Gasteiger partial charge is 0.497 e. The zero-order valence-corrected chi connectivity index (χ0v) is 19.8. The zero-order chi connectivity index (χ0) is 24.4. The molecule has 0 radical (unpaired) electrons. The molecule has 0 bridgehead atoms. The Morgan fingerprint density at radius 3 is 2.46 bits per heavy atom. The molecule has 35 heavy (non-hydrogen) atoms. The van der Waals surface area contributed by atoms with Crippen LogP contribution < -0.4 is 15.2 Å². The Morgan fingerprint density at radius 1 is 1.03 bits per heavy atom. The van der Waals surface area contributed by atoms with Crippen molar-refractivity contribution in [3.05, 3.63) is 86.6 Å². The van der Waals surface area contributed by atoms with Crippen molar-refractivity contribution in [3.63, 3.8) is 0 Å². The average molecular weight is 477 g/mol. The third-order valence-corrected chi connectivity index (χ3v) is 7.02. The number of amides is 1. The normalized spacial score (nSPS) is 15.6. The fourth-order valence-electron chi connectivity index (χ4n) is 5.04. The molecule has 2 heterocycles. The smallest absolute Gasteiger partial charge is 0.267 e. The first kappa shape index (κ1) is 23.1. The Morgan fingerprint density at radius 2 is 1.74 bits per heavy atom. The Balaban J connectivity index is 1.29. The summed E-state index contributed by atoms with van der Waals surface area (Å²) in [7, 11) is 1.64. The van der Waals surface area contributed by atoms with Gasteiger partial charge in [0.2, 0.25) is 0 Å². The number of carbonyl (C=O) groups is 1. The summed E-state index contributed by atoms with van der Waals surface area (Å²) in [5.74, 6) is -0.0153. The third-order valence-electron chi connectivity index (χ3n) is 7.02. The third kappa shape index (κ3) is 4.78. The van der Waals surface area contributed by atoms with Gasteiger partial charge in [-0.05, 0) is 73.2 Å². The number of rotatable bonds is 5. The second-order valence-electron chi connectivity index (χ2n) is 9.13. The van der Waals surface area contributed by atoms with E-state index in [1.807, 2.05) is 24.3 Å². The van der Waals surface area contributed by atoms with Gasteiger partial charge < -0.3 is 14.5 Å². The van der Waals surface area contributed by atoms with Crippen molar-refractivity contribution >= 4 is 11.6 Å². The molecule has 0 spiro atoms. The average Bonchev–Trinajstić information content (AvgIpc) is 2.91. The van der Waals surface area contributed by atoms with E-state index in [2.05, 4.69) is 15.1 Å². The fraction of sp³-hybridized carbons (Fsp3) is 0.370. The highest BCUT2D eigenvalue weighted by atomic mass is 19.1. The van der Waals surface area contributed by atoms with E-state index in [4.69, 9.17) is 4.74 Å². The molecule has 0 saturated carbocycles. The van der Waals surface area contributed by atoms with Gasteiger partial charge in [0, 0.05) is 43.9 Å².